The molecule has 0 radical (unpaired) electrons. The van der Waals surface area contributed by atoms with E-state index < -0.39 is 6.04 Å². The maximum absolute atomic E-state index is 12.7. The first-order valence-electron chi connectivity index (χ1n) is 7.21. The van der Waals surface area contributed by atoms with Gasteiger partial charge in [0.2, 0.25) is 5.91 Å². The van der Waals surface area contributed by atoms with E-state index in [1.807, 2.05) is 18.2 Å². The van der Waals surface area contributed by atoms with Gasteiger partial charge in [0.05, 0.1) is 6.42 Å². The fourth-order valence-electron chi connectivity index (χ4n) is 3.09. The summed E-state index contributed by atoms with van der Waals surface area (Å²) in [6.07, 6.45) is -0.137. The zero-order chi connectivity index (χ0) is 15.1. The Morgan fingerprint density at radius 1 is 1.24 bits per heavy atom. The Morgan fingerprint density at radius 3 is 2.67 bits per heavy atom. The molecule has 1 unspecified atom stereocenters. The first kappa shape index (κ1) is 13.8. The van der Waals surface area contributed by atoms with E-state index in [4.69, 9.17) is 0 Å². The van der Waals surface area contributed by atoms with Crippen LogP contribution in [0.3, 0.4) is 0 Å². The molecule has 110 valence electrons. The minimum atomic E-state index is -0.539. The molecule has 0 aromatic heterocycles. The van der Waals surface area contributed by atoms with Crippen molar-refractivity contribution in [2.24, 2.45) is 0 Å². The van der Waals surface area contributed by atoms with E-state index in [0.29, 0.717) is 6.54 Å². The van der Waals surface area contributed by atoms with E-state index in [1.165, 1.54) is 0 Å². The second-order valence-electron chi connectivity index (χ2n) is 5.93. The summed E-state index contributed by atoms with van der Waals surface area (Å²) in [5.41, 5.74) is 2.72. The summed E-state index contributed by atoms with van der Waals surface area (Å²) in [6.45, 7) is 4.77. The number of benzene rings is 1. The summed E-state index contributed by atoms with van der Waals surface area (Å²) in [6, 6.07) is 5.32. The minimum absolute atomic E-state index is 0.0937. The normalized spacial score (nSPS) is 21.8. The summed E-state index contributed by atoms with van der Waals surface area (Å²) in [4.78, 5) is 37.6. The molecule has 2 aliphatic rings. The van der Waals surface area contributed by atoms with Gasteiger partial charge >= 0.3 is 0 Å². The van der Waals surface area contributed by atoms with Crippen LogP contribution in [0.5, 0.6) is 0 Å². The predicted molar refractivity (Wildman–Crippen MR) is 76.8 cm³/mol. The molecule has 1 N–H and O–H groups in total. The van der Waals surface area contributed by atoms with Gasteiger partial charge in [-0.2, -0.15) is 0 Å². The first-order chi connectivity index (χ1) is 9.99. The highest BCUT2D eigenvalue weighted by Crippen LogP contribution is 2.31. The number of piperidine rings is 1. The average Bonchev–Trinajstić information content (AvgIpc) is 2.76. The lowest BCUT2D eigenvalue weighted by molar-refractivity contribution is -0.134. The maximum atomic E-state index is 12.7. The Bertz CT molecular complexity index is 636. The number of carbonyl (C=O) groups excluding carboxylic acids is 3. The lowest BCUT2D eigenvalue weighted by Crippen LogP contribution is -2.53. The van der Waals surface area contributed by atoms with Crippen molar-refractivity contribution < 1.29 is 14.4 Å². The molecule has 2 aliphatic heterocycles. The van der Waals surface area contributed by atoms with Crippen molar-refractivity contribution in [3.8, 4) is 0 Å². The van der Waals surface area contributed by atoms with Crippen LogP contribution >= 0.6 is 0 Å². The van der Waals surface area contributed by atoms with Gasteiger partial charge in [-0.1, -0.05) is 32.0 Å². The van der Waals surface area contributed by atoms with E-state index >= 15 is 0 Å². The molecule has 1 saturated heterocycles. The molecule has 2 amide bonds. The Kier molecular flexibility index (Phi) is 3.27. The molecule has 5 nitrogen and oxygen atoms in total. The van der Waals surface area contributed by atoms with Crippen LogP contribution in [-0.4, -0.2) is 35.1 Å². The van der Waals surface area contributed by atoms with Gasteiger partial charge in [-0.05, 0) is 17.0 Å². The average molecular weight is 286 g/mol. The fraction of sp³-hybridized carbons (Fsp3) is 0.438. The number of amides is 2. The van der Waals surface area contributed by atoms with Crippen LogP contribution in [-0.2, 0) is 16.1 Å². The fourth-order valence-corrected chi connectivity index (χ4v) is 3.09. The molecule has 0 spiro atoms. The largest absolute Gasteiger partial charge is 0.353 e. The monoisotopic (exact) mass is 286 g/mol. The van der Waals surface area contributed by atoms with E-state index in [-0.39, 0.29) is 36.5 Å². The van der Waals surface area contributed by atoms with Crippen molar-refractivity contribution in [1.82, 2.24) is 10.2 Å². The molecular formula is C16H18N2O3. The predicted octanol–water partition coefficient (Wildman–Crippen LogP) is 1.22. The third-order valence-corrected chi connectivity index (χ3v) is 4.20. The number of nitrogens with zero attached hydrogens (tertiary/aromatic N) is 1. The van der Waals surface area contributed by atoms with E-state index in [0.717, 1.165) is 16.7 Å². The van der Waals surface area contributed by atoms with Crippen LogP contribution < -0.4 is 5.32 Å². The van der Waals surface area contributed by atoms with Crippen LogP contribution in [0.15, 0.2) is 18.2 Å². The van der Waals surface area contributed by atoms with Gasteiger partial charge in [0.25, 0.3) is 5.91 Å². The standard InChI is InChI=1S/C16H18N2O3/c1-9(2)11-5-3-4-10-8-18(16(21)15(10)11)12-7-17-14(20)6-13(12)19/h3-5,9,12H,6-8H2,1-2H3,(H,17,20). The van der Waals surface area contributed by atoms with Gasteiger partial charge < -0.3 is 10.2 Å². The molecular weight excluding hydrogens is 268 g/mol. The van der Waals surface area contributed by atoms with Crippen LogP contribution in [0.25, 0.3) is 0 Å². The summed E-state index contributed by atoms with van der Waals surface area (Å²) in [7, 11) is 0. The lowest BCUT2D eigenvalue weighted by Gasteiger charge is -2.29. The number of nitrogens with one attached hydrogen (secondary N) is 1. The van der Waals surface area contributed by atoms with Gasteiger partial charge in [0.1, 0.15) is 6.04 Å². The summed E-state index contributed by atoms with van der Waals surface area (Å²) in [5.74, 6) is -0.274. The number of hydrogen-bond acceptors (Lipinski definition) is 3. The molecule has 0 bridgehead atoms. The molecule has 1 fully saturated rings. The highest BCUT2D eigenvalue weighted by molar-refractivity contribution is 6.07. The number of carbonyl (C=O) groups is 3. The highest BCUT2D eigenvalue weighted by atomic mass is 16.2. The Morgan fingerprint density at radius 2 is 2.00 bits per heavy atom. The van der Waals surface area contributed by atoms with Gasteiger partial charge in [-0.3, -0.25) is 14.4 Å². The maximum Gasteiger partial charge on any atom is 0.255 e. The number of hydrogen-bond donors (Lipinski definition) is 1. The smallest absolute Gasteiger partial charge is 0.255 e. The van der Waals surface area contributed by atoms with E-state index in [1.54, 1.807) is 4.90 Å². The first-order valence-corrected chi connectivity index (χ1v) is 7.21. The number of rotatable bonds is 2. The molecule has 21 heavy (non-hydrogen) atoms. The summed E-state index contributed by atoms with van der Waals surface area (Å²) < 4.78 is 0. The third kappa shape index (κ3) is 2.22. The topological polar surface area (TPSA) is 66.5 Å². The Balaban J connectivity index is 1.92. The zero-order valence-electron chi connectivity index (χ0n) is 12.2. The Hall–Kier alpha value is -2.17. The molecule has 3 rings (SSSR count). The Labute approximate surface area is 123 Å². The molecule has 0 saturated carbocycles. The van der Waals surface area contributed by atoms with Crippen LogP contribution in [0.2, 0.25) is 0 Å². The van der Waals surface area contributed by atoms with Gasteiger partial charge in [0.15, 0.2) is 5.78 Å². The molecule has 1 atom stereocenters. The minimum Gasteiger partial charge on any atom is -0.353 e. The highest BCUT2D eigenvalue weighted by Gasteiger charge is 2.39. The van der Waals surface area contributed by atoms with Crippen LogP contribution in [0, 0.1) is 0 Å². The number of fused-ring (bicyclic) bond motifs is 1. The molecule has 0 aliphatic carbocycles. The second-order valence-corrected chi connectivity index (χ2v) is 5.93. The molecule has 1 aromatic rings. The SMILES string of the molecule is CC(C)c1cccc2c1C(=O)N(C1CNC(=O)CC1=O)C2. The van der Waals surface area contributed by atoms with Crippen molar-refractivity contribution in [3.05, 3.63) is 34.9 Å². The molecule has 1 aromatic carbocycles. The van der Waals surface area contributed by atoms with Gasteiger partial charge in [-0.25, -0.2) is 0 Å². The van der Waals surface area contributed by atoms with Gasteiger partial charge in [-0.15, -0.1) is 0 Å². The van der Waals surface area contributed by atoms with E-state index in [9.17, 15) is 14.4 Å². The lowest BCUT2D eigenvalue weighted by atomic mass is 9.94. The summed E-state index contributed by atoms with van der Waals surface area (Å²) in [5, 5.41) is 2.67. The van der Waals surface area contributed by atoms with Crippen molar-refractivity contribution in [3.63, 3.8) is 0 Å². The molecule has 5 heteroatoms. The molecule has 2 heterocycles. The van der Waals surface area contributed by atoms with Crippen LogP contribution in [0.4, 0.5) is 0 Å². The third-order valence-electron chi connectivity index (χ3n) is 4.20. The van der Waals surface area contributed by atoms with E-state index in [2.05, 4.69) is 19.2 Å². The van der Waals surface area contributed by atoms with Gasteiger partial charge in [0, 0.05) is 18.7 Å². The van der Waals surface area contributed by atoms with Crippen LogP contribution in [0.1, 0.15) is 47.7 Å². The number of ketones is 1. The summed E-state index contributed by atoms with van der Waals surface area (Å²) >= 11 is 0. The quantitative estimate of drug-likeness (QED) is 0.831. The van der Waals surface area contributed by atoms with Crippen molar-refractivity contribution >= 4 is 17.6 Å². The zero-order valence-corrected chi connectivity index (χ0v) is 12.2. The second kappa shape index (κ2) is 4.98. The van der Waals surface area contributed by atoms with Crippen molar-refractivity contribution in [2.45, 2.75) is 38.8 Å². The van der Waals surface area contributed by atoms with Crippen molar-refractivity contribution in [2.75, 3.05) is 6.54 Å². The van der Waals surface area contributed by atoms with Crippen molar-refractivity contribution in [1.29, 1.82) is 0 Å². The number of Topliss-reactive ketones (excluding diaryl/α,β-unsaturated/α-hetero) is 1.